The van der Waals surface area contributed by atoms with Gasteiger partial charge in [0.2, 0.25) is 0 Å². The van der Waals surface area contributed by atoms with Crippen molar-refractivity contribution in [2.75, 3.05) is 13.7 Å². The van der Waals surface area contributed by atoms with E-state index in [0.717, 1.165) is 12.8 Å². The highest BCUT2D eigenvalue weighted by molar-refractivity contribution is 6.01. The number of ether oxygens (including phenoxy) is 1. The van der Waals surface area contributed by atoms with Crippen LogP contribution in [0, 0.1) is 0 Å². The maximum atomic E-state index is 12.5. The van der Waals surface area contributed by atoms with Gasteiger partial charge in [-0.2, -0.15) is 0 Å². The number of methoxy groups -OCH3 is 1. The van der Waals surface area contributed by atoms with Crippen LogP contribution >= 0.6 is 0 Å². The van der Waals surface area contributed by atoms with Crippen LogP contribution in [0.2, 0.25) is 0 Å². The number of Topliss-reactive ketones (excluding diaryl/α,β-unsaturated/α-hetero) is 1. The van der Waals surface area contributed by atoms with Gasteiger partial charge in [-0.1, -0.05) is 43.7 Å². The molecule has 0 amide bonds. The van der Waals surface area contributed by atoms with Gasteiger partial charge in [0, 0.05) is 12.1 Å². The van der Waals surface area contributed by atoms with Crippen molar-refractivity contribution in [3.8, 4) is 0 Å². The molecule has 1 atom stereocenters. The summed E-state index contributed by atoms with van der Waals surface area (Å²) in [7, 11) is 1.32. The Bertz CT molecular complexity index is 479. The predicted molar refractivity (Wildman–Crippen MR) is 83.4 cm³/mol. The average Bonchev–Trinajstić information content (AvgIpc) is 2.51. The van der Waals surface area contributed by atoms with Crippen molar-refractivity contribution in [1.29, 1.82) is 0 Å². The second-order valence-corrected chi connectivity index (χ2v) is 4.84. The van der Waals surface area contributed by atoms with Crippen molar-refractivity contribution < 1.29 is 14.3 Å². The molecule has 0 aliphatic carbocycles. The summed E-state index contributed by atoms with van der Waals surface area (Å²) < 4.78 is 4.64. The lowest BCUT2D eigenvalue weighted by Gasteiger charge is -2.16. The SMILES string of the molecule is C=CCNC(CC(=O)OC)C(=O)c1ccc(CCC)cc1. The molecule has 0 heterocycles. The van der Waals surface area contributed by atoms with Crippen molar-refractivity contribution in [2.45, 2.75) is 32.2 Å². The van der Waals surface area contributed by atoms with Gasteiger partial charge in [0.05, 0.1) is 19.6 Å². The number of ketones is 1. The third-order valence-corrected chi connectivity index (χ3v) is 3.20. The minimum atomic E-state index is -0.590. The topological polar surface area (TPSA) is 55.4 Å². The van der Waals surface area contributed by atoms with Crippen molar-refractivity contribution in [2.24, 2.45) is 0 Å². The summed E-state index contributed by atoms with van der Waals surface area (Å²) in [6, 6.07) is 6.95. The number of aryl methyl sites for hydroxylation is 1. The minimum Gasteiger partial charge on any atom is -0.469 e. The predicted octanol–water partition coefficient (Wildman–Crippen LogP) is 2.53. The highest BCUT2D eigenvalue weighted by atomic mass is 16.5. The van der Waals surface area contributed by atoms with E-state index in [4.69, 9.17) is 0 Å². The first kappa shape index (κ1) is 17.1. The molecule has 1 unspecified atom stereocenters. The van der Waals surface area contributed by atoms with Crippen molar-refractivity contribution in [1.82, 2.24) is 5.32 Å². The van der Waals surface area contributed by atoms with E-state index in [1.807, 2.05) is 24.3 Å². The van der Waals surface area contributed by atoms with Crippen LogP contribution in [0.4, 0.5) is 0 Å². The van der Waals surface area contributed by atoms with Crippen LogP contribution < -0.4 is 5.32 Å². The largest absolute Gasteiger partial charge is 0.469 e. The van der Waals surface area contributed by atoms with Crippen LogP contribution in [0.25, 0.3) is 0 Å². The first-order valence-corrected chi connectivity index (χ1v) is 7.16. The van der Waals surface area contributed by atoms with Crippen LogP contribution in [0.15, 0.2) is 36.9 Å². The van der Waals surface area contributed by atoms with E-state index in [1.54, 1.807) is 6.08 Å². The first-order valence-electron chi connectivity index (χ1n) is 7.16. The third kappa shape index (κ3) is 5.52. The number of carbonyl (C=O) groups excluding carboxylic acids is 2. The maximum Gasteiger partial charge on any atom is 0.307 e. The quantitative estimate of drug-likeness (QED) is 0.431. The lowest BCUT2D eigenvalue weighted by Crippen LogP contribution is -2.39. The molecule has 1 aromatic rings. The number of hydrogen-bond donors (Lipinski definition) is 1. The molecule has 0 saturated heterocycles. The highest BCUT2D eigenvalue weighted by Gasteiger charge is 2.22. The molecule has 0 aliphatic heterocycles. The summed E-state index contributed by atoms with van der Waals surface area (Å²) in [6.07, 6.45) is 3.73. The van der Waals surface area contributed by atoms with Gasteiger partial charge >= 0.3 is 5.97 Å². The Kier molecular flexibility index (Phi) is 7.40. The van der Waals surface area contributed by atoms with Gasteiger partial charge in [-0.05, 0) is 12.0 Å². The van der Waals surface area contributed by atoms with E-state index >= 15 is 0 Å². The molecule has 0 spiro atoms. The Labute approximate surface area is 126 Å². The zero-order chi connectivity index (χ0) is 15.7. The smallest absolute Gasteiger partial charge is 0.307 e. The van der Waals surface area contributed by atoms with Gasteiger partial charge in [-0.25, -0.2) is 0 Å². The molecule has 0 aromatic heterocycles. The summed E-state index contributed by atoms with van der Waals surface area (Å²) in [5.74, 6) is -0.516. The van der Waals surface area contributed by atoms with Crippen molar-refractivity contribution in [3.63, 3.8) is 0 Å². The molecule has 4 nitrogen and oxygen atoms in total. The van der Waals surface area contributed by atoms with Gasteiger partial charge in [0.1, 0.15) is 0 Å². The minimum absolute atomic E-state index is 0.0138. The molecule has 1 rings (SSSR count). The lowest BCUT2D eigenvalue weighted by molar-refractivity contribution is -0.140. The molecule has 0 aliphatic rings. The average molecular weight is 289 g/mol. The highest BCUT2D eigenvalue weighted by Crippen LogP contribution is 2.11. The molecule has 0 radical (unpaired) electrons. The molecule has 0 fully saturated rings. The van der Waals surface area contributed by atoms with E-state index in [9.17, 15) is 9.59 Å². The van der Waals surface area contributed by atoms with Crippen molar-refractivity contribution in [3.05, 3.63) is 48.0 Å². The Morgan fingerprint density at radius 3 is 2.52 bits per heavy atom. The van der Waals surface area contributed by atoms with Crippen LogP contribution in [-0.4, -0.2) is 31.4 Å². The van der Waals surface area contributed by atoms with E-state index in [2.05, 4.69) is 23.6 Å². The fraction of sp³-hybridized carbons (Fsp3) is 0.412. The molecule has 1 N–H and O–H groups in total. The van der Waals surface area contributed by atoms with Gasteiger partial charge in [0.25, 0.3) is 0 Å². The number of rotatable bonds is 9. The molecule has 0 saturated carbocycles. The summed E-state index contributed by atoms with van der Waals surface area (Å²) in [4.78, 5) is 23.9. The summed E-state index contributed by atoms with van der Waals surface area (Å²) in [5.41, 5.74) is 1.80. The zero-order valence-corrected chi connectivity index (χ0v) is 12.7. The summed E-state index contributed by atoms with van der Waals surface area (Å²) in [5, 5.41) is 3.00. The molecule has 4 heteroatoms. The van der Waals surface area contributed by atoms with Gasteiger partial charge in [0.15, 0.2) is 5.78 Å². The van der Waals surface area contributed by atoms with E-state index < -0.39 is 12.0 Å². The number of hydrogen-bond acceptors (Lipinski definition) is 4. The monoisotopic (exact) mass is 289 g/mol. The first-order chi connectivity index (χ1) is 10.1. The zero-order valence-electron chi connectivity index (χ0n) is 12.7. The summed E-state index contributed by atoms with van der Waals surface area (Å²) >= 11 is 0. The van der Waals surface area contributed by atoms with E-state index in [-0.39, 0.29) is 12.2 Å². The van der Waals surface area contributed by atoms with E-state index in [0.29, 0.717) is 12.1 Å². The van der Waals surface area contributed by atoms with E-state index in [1.165, 1.54) is 12.7 Å². The molecule has 114 valence electrons. The molecular formula is C17H23NO3. The summed E-state index contributed by atoms with van der Waals surface area (Å²) in [6.45, 7) is 6.18. The number of benzene rings is 1. The van der Waals surface area contributed by atoms with Crippen LogP contribution in [-0.2, 0) is 16.0 Å². The Morgan fingerprint density at radius 2 is 2.00 bits per heavy atom. The Balaban J connectivity index is 2.82. The van der Waals surface area contributed by atoms with Crippen LogP contribution in [0.1, 0.15) is 35.7 Å². The second-order valence-electron chi connectivity index (χ2n) is 4.84. The number of nitrogens with one attached hydrogen (secondary N) is 1. The lowest BCUT2D eigenvalue weighted by atomic mass is 9.99. The van der Waals surface area contributed by atoms with Crippen LogP contribution in [0.3, 0.4) is 0 Å². The van der Waals surface area contributed by atoms with Crippen LogP contribution in [0.5, 0.6) is 0 Å². The Hall–Kier alpha value is -1.94. The fourth-order valence-electron chi connectivity index (χ4n) is 2.06. The normalized spacial score (nSPS) is 11.7. The second kappa shape index (κ2) is 9.08. The number of carbonyl (C=O) groups is 2. The molecule has 1 aromatic carbocycles. The standard InChI is InChI=1S/C17H23NO3/c1-4-6-13-7-9-14(10-8-13)17(20)15(18-11-5-2)12-16(19)21-3/h5,7-10,15,18H,2,4,6,11-12H2,1,3H3. The Morgan fingerprint density at radius 1 is 1.33 bits per heavy atom. The van der Waals surface area contributed by atoms with Gasteiger partial charge in [-0.3, -0.25) is 9.59 Å². The third-order valence-electron chi connectivity index (χ3n) is 3.20. The van der Waals surface area contributed by atoms with Crippen molar-refractivity contribution >= 4 is 11.8 Å². The molecule has 21 heavy (non-hydrogen) atoms. The van der Waals surface area contributed by atoms with Gasteiger partial charge < -0.3 is 10.1 Å². The fourth-order valence-corrected chi connectivity index (χ4v) is 2.06. The molecule has 0 bridgehead atoms. The number of esters is 1. The maximum absolute atomic E-state index is 12.5. The van der Waals surface area contributed by atoms with Gasteiger partial charge in [-0.15, -0.1) is 6.58 Å². The molecular weight excluding hydrogens is 266 g/mol.